The fourth-order valence-electron chi connectivity index (χ4n) is 5.76. The molecule has 2 unspecified atom stereocenters. The van der Waals surface area contributed by atoms with Crippen LogP contribution in [0.1, 0.15) is 53.5 Å². The average molecular weight is 860 g/mol. The van der Waals surface area contributed by atoms with Gasteiger partial charge < -0.3 is 26.0 Å². The van der Waals surface area contributed by atoms with Crippen molar-refractivity contribution in [3.05, 3.63) is 130 Å². The van der Waals surface area contributed by atoms with Crippen LogP contribution in [0, 0.1) is 24.2 Å². The second-order valence-electron chi connectivity index (χ2n) is 11.6. The molecule has 2 aromatic heterocycles. The smallest absolute Gasteiger partial charge is 0.353 e. The Morgan fingerprint density at radius 3 is 1.88 bits per heavy atom. The number of esters is 1. The van der Waals surface area contributed by atoms with Gasteiger partial charge in [-0.25, -0.2) is 23.2 Å². The first-order valence-electron chi connectivity index (χ1n) is 15.8. The van der Waals surface area contributed by atoms with E-state index in [-0.39, 0.29) is 48.2 Å². The molecule has 0 bridgehead atoms. The molecule has 2 aromatic carbocycles. The number of terminal acetylenes is 1. The molecule has 3 aliphatic heterocycles. The van der Waals surface area contributed by atoms with E-state index < -0.39 is 52.6 Å². The first-order chi connectivity index (χ1) is 25.9. The molecule has 19 heteroatoms. The van der Waals surface area contributed by atoms with E-state index in [1.807, 2.05) is 6.11 Å². The number of fused-ring (bicyclic) bond motifs is 1. The van der Waals surface area contributed by atoms with Crippen LogP contribution in [0.4, 0.5) is 18.4 Å². The van der Waals surface area contributed by atoms with Crippen molar-refractivity contribution in [3.8, 4) is 12.5 Å². The van der Waals surface area contributed by atoms with E-state index in [2.05, 4.69) is 51.9 Å². The molecule has 296 valence electrons. The van der Waals surface area contributed by atoms with Crippen molar-refractivity contribution < 1.29 is 45.1 Å². The predicted octanol–water partition coefficient (Wildman–Crippen LogP) is 4.00. The Kier molecular flexibility index (Phi) is 14.8. The van der Waals surface area contributed by atoms with Crippen LogP contribution in [-0.2, 0) is 37.3 Å². The van der Waals surface area contributed by atoms with Crippen LogP contribution < -0.4 is 27.0 Å². The molecule has 7 rings (SSSR count). The topological polar surface area (TPSA) is 215 Å². The minimum atomic E-state index is -1.47. The molecule has 0 saturated carbocycles. The van der Waals surface area contributed by atoms with Crippen LogP contribution in [0.5, 0.6) is 0 Å². The lowest BCUT2D eigenvalue weighted by molar-refractivity contribution is -0.125. The van der Waals surface area contributed by atoms with Crippen LogP contribution in [0.3, 0.4) is 0 Å². The van der Waals surface area contributed by atoms with Gasteiger partial charge in [0.25, 0.3) is 17.7 Å². The molecule has 3 aliphatic rings. The number of nitrogens with zero attached hydrogens (tertiary/aromatic N) is 3. The molecule has 6 N–H and O–H groups in total. The van der Waals surface area contributed by atoms with Gasteiger partial charge in [-0.1, -0.05) is 54.0 Å². The molecule has 15 nitrogen and oxygen atoms in total. The lowest BCUT2D eigenvalue weighted by Crippen LogP contribution is -2.52. The minimum Gasteiger partial charge on any atom is -0.369 e. The van der Waals surface area contributed by atoms with Gasteiger partial charge in [0.05, 0.1) is 35.6 Å². The maximum atomic E-state index is 13.3. The number of benzene rings is 2. The van der Waals surface area contributed by atoms with E-state index in [0.717, 1.165) is 0 Å². The third kappa shape index (κ3) is 9.14. The lowest BCUT2D eigenvalue weighted by Gasteiger charge is -2.31. The number of nitrogens with one attached hydrogen (secondary N) is 4. The number of rotatable bonds is 7. The van der Waals surface area contributed by atoms with E-state index in [9.17, 15) is 37.5 Å². The lowest BCUT2D eigenvalue weighted by atomic mass is 9.89. The zero-order valence-corrected chi connectivity index (χ0v) is 30.7. The molecule has 5 heterocycles. The van der Waals surface area contributed by atoms with Crippen LogP contribution >= 0.6 is 28.3 Å². The maximum Gasteiger partial charge on any atom is 0.353 e. The molecule has 4 aromatic rings. The summed E-state index contributed by atoms with van der Waals surface area (Å²) in [7, 11) is 0. The van der Waals surface area contributed by atoms with Gasteiger partial charge in [0.1, 0.15) is 17.7 Å². The summed E-state index contributed by atoms with van der Waals surface area (Å²) in [6.45, 7) is 0.0721. The number of halogens is 4. The number of alkyl halides is 1. The maximum absolute atomic E-state index is 13.3. The van der Waals surface area contributed by atoms with Crippen LogP contribution in [0.25, 0.3) is 0 Å². The van der Waals surface area contributed by atoms with Gasteiger partial charge in [-0.05, 0) is 59.7 Å². The SMILES string of the molecule is C.C#COC(=O)c1cccnc1CBr.Cl.NCC1(c2ccc(F)cc2)NC(=O)NC1=O.O=C1NC(=O)C(CN2Cc3ncccc3C2=O)(c2ccc(F)cc2)N1.[HH].[HH]. The highest BCUT2D eigenvalue weighted by atomic mass is 79.9. The number of amides is 7. The largest absolute Gasteiger partial charge is 0.369 e. The Hall–Kier alpha value is -6.29. The van der Waals surface area contributed by atoms with Gasteiger partial charge in [0.15, 0.2) is 11.1 Å². The fourth-order valence-corrected chi connectivity index (χ4v) is 6.20. The number of carbonyl (C=O) groups is 6. The zero-order valence-electron chi connectivity index (χ0n) is 28.3. The summed E-state index contributed by atoms with van der Waals surface area (Å²) in [5, 5.41) is 9.84. The average Bonchev–Trinajstić information content (AvgIpc) is 3.76. The number of hydrogen-bond acceptors (Lipinski definition) is 10. The molecule has 0 radical (unpaired) electrons. The number of hydrogen-bond donors (Lipinski definition) is 5. The van der Waals surface area contributed by atoms with Crippen molar-refractivity contribution >= 4 is 64.1 Å². The van der Waals surface area contributed by atoms with Gasteiger partial charge in [0, 0.05) is 27.1 Å². The Balaban J connectivity index is 0.000000447. The second-order valence-corrected chi connectivity index (χ2v) is 12.2. The summed E-state index contributed by atoms with van der Waals surface area (Å²) < 4.78 is 30.4. The number of imide groups is 2. The molecule has 0 spiro atoms. The molecule has 7 amide bonds. The van der Waals surface area contributed by atoms with Gasteiger partial charge in [-0.15, -0.1) is 12.4 Å². The third-order valence-corrected chi connectivity index (χ3v) is 8.96. The Labute approximate surface area is 336 Å². The van der Waals surface area contributed by atoms with Gasteiger partial charge in [-0.3, -0.25) is 35.0 Å². The standard InChI is InChI=1S/C17H13FN4O3.C10H10FN3O2.C9H6BrNO2.CH4.ClH.2H2/c18-11-5-3-10(4-6-11)17(15(24)20-16(25)21-17)9-22-8-13-12(14(22)23)2-1-7-19-13;11-7-3-1-6(2-4-7)10(5-12)8(15)13-9(16)14-10;1-2-13-9(12)7-4-3-5-11-8(7)6-10;;;;/h1-7H,8-9H2,(H2,20,21,24,25);1-4H,5,12H2,(H2,13,14,15,16);1,3-5H,6H2;1H4;3*1H. The molecular formula is C37H38BrClF2N8O7. The van der Waals surface area contributed by atoms with Crippen molar-refractivity contribution in [3.63, 3.8) is 0 Å². The van der Waals surface area contributed by atoms with Crippen molar-refractivity contribution in [2.24, 2.45) is 5.73 Å². The summed E-state index contributed by atoms with van der Waals surface area (Å²) in [5.41, 5.74) is 5.71. The van der Waals surface area contributed by atoms with E-state index in [1.165, 1.54) is 53.4 Å². The van der Waals surface area contributed by atoms with Gasteiger partial charge >= 0.3 is 18.0 Å². The molecule has 2 fully saturated rings. The van der Waals surface area contributed by atoms with Crippen molar-refractivity contribution in [1.29, 1.82) is 0 Å². The third-order valence-electron chi connectivity index (χ3n) is 8.43. The fraction of sp³-hybridized carbons (Fsp3) is 0.189. The number of nitrogens with two attached hydrogens (primary N) is 1. The summed E-state index contributed by atoms with van der Waals surface area (Å²) in [5.74, 6) is -2.80. The molecular weight excluding hydrogens is 822 g/mol. The Morgan fingerprint density at radius 2 is 1.39 bits per heavy atom. The van der Waals surface area contributed by atoms with Crippen molar-refractivity contribution in [2.45, 2.75) is 30.4 Å². The van der Waals surface area contributed by atoms with Gasteiger partial charge in [0.2, 0.25) is 0 Å². The number of urea groups is 2. The van der Waals surface area contributed by atoms with E-state index >= 15 is 0 Å². The zero-order chi connectivity index (χ0) is 39.0. The van der Waals surface area contributed by atoms with E-state index in [4.69, 9.17) is 12.2 Å². The molecule has 56 heavy (non-hydrogen) atoms. The quantitative estimate of drug-likeness (QED) is 0.0780. The Morgan fingerprint density at radius 1 is 0.875 bits per heavy atom. The number of ether oxygens (including phenoxy) is 1. The van der Waals surface area contributed by atoms with E-state index in [1.54, 1.807) is 36.7 Å². The van der Waals surface area contributed by atoms with E-state index in [0.29, 0.717) is 39.0 Å². The van der Waals surface area contributed by atoms with Crippen LogP contribution in [0.15, 0.2) is 85.2 Å². The van der Waals surface area contributed by atoms with Gasteiger partial charge in [-0.2, -0.15) is 0 Å². The molecule has 0 aliphatic carbocycles. The summed E-state index contributed by atoms with van der Waals surface area (Å²) in [6.07, 6.45) is 9.85. The highest BCUT2D eigenvalue weighted by molar-refractivity contribution is 9.08. The number of pyridine rings is 2. The van der Waals surface area contributed by atoms with Crippen molar-refractivity contribution in [1.82, 2.24) is 36.1 Å². The first kappa shape index (κ1) is 44.1. The normalized spacial score (nSPS) is 18.8. The van der Waals surface area contributed by atoms with Crippen molar-refractivity contribution in [2.75, 3.05) is 13.1 Å². The summed E-state index contributed by atoms with van der Waals surface area (Å²) in [6, 6.07) is 15.9. The number of carbonyl (C=O) groups excluding carboxylic acids is 6. The monoisotopic (exact) mass is 858 g/mol. The molecule has 2 saturated heterocycles. The second kappa shape index (κ2) is 18.8. The first-order valence-corrected chi connectivity index (χ1v) is 16.9. The minimum absolute atomic E-state index is 0. The summed E-state index contributed by atoms with van der Waals surface area (Å²) in [4.78, 5) is 80.4. The number of aromatic nitrogens is 2. The molecule has 2 atom stereocenters. The predicted molar refractivity (Wildman–Crippen MR) is 207 cm³/mol. The van der Waals surface area contributed by atoms with Crippen LogP contribution in [0.2, 0.25) is 0 Å². The highest BCUT2D eigenvalue weighted by Gasteiger charge is 2.50. The highest BCUT2D eigenvalue weighted by Crippen LogP contribution is 2.30. The Bertz CT molecular complexity index is 2190. The summed E-state index contributed by atoms with van der Waals surface area (Å²) >= 11 is 3.21. The van der Waals surface area contributed by atoms with Crippen LogP contribution in [-0.4, -0.2) is 63.7 Å².